The summed E-state index contributed by atoms with van der Waals surface area (Å²) in [5, 5.41) is 0. The molecule has 0 saturated heterocycles. The molecule has 1 unspecified atom stereocenters. The first-order valence-electron chi connectivity index (χ1n) is 6.56. The van der Waals surface area contributed by atoms with Crippen LogP contribution in [0.2, 0.25) is 0 Å². The lowest BCUT2D eigenvalue weighted by Gasteiger charge is -2.20. The zero-order valence-electron chi connectivity index (χ0n) is 12.0. The Balaban J connectivity index is 2.34. The summed E-state index contributed by atoms with van der Waals surface area (Å²) >= 11 is 0. The lowest BCUT2D eigenvalue weighted by Crippen LogP contribution is -2.25. The average molecular weight is 317 g/mol. The standard InChI is InChI=1S/C13H17FNO5P/c1-4-18-21(17,19-5-2)20-12-10-8-9(14)6-7-11(10)15(3)13(12)16/h6-8,12H,4-5H2,1-3H3. The van der Waals surface area contributed by atoms with E-state index in [0.717, 1.165) is 0 Å². The highest BCUT2D eigenvalue weighted by Crippen LogP contribution is 2.55. The molecule has 2 rings (SSSR count). The van der Waals surface area contributed by atoms with Crippen LogP contribution >= 0.6 is 7.82 Å². The highest BCUT2D eigenvalue weighted by Gasteiger charge is 2.42. The number of hydrogen-bond acceptors (Lipinski definition) is 5. The first-order valence-corrected chi connectivity index (χ1v) is 8.02. The summed E-state index contributed by atoms with van der Waals surface area (Å²) in [4.78, 5) is 13.5. The number of benzene rings is 1. The monoisotopic (exact) mass is 317 g/mol. The van der Waals surface area contributed by atoms with E-state index in [1.807, 2.05) is 0 Å². The predicted octanol–water partition coefficient (Wildman–Crippen LogP) is 3.04. The van der Waals surface area contributed by atoms with Crippen LogP contribution in [0.4, 0.5) is 10.1 Å². The number of fused-ring (bicyclic) bond motifs is 1. The topological polar surface area (TPSA) is 65.1 Å². The van der Waals surface area contributed by atoms with Gasteiger partial charge in [-0.25, -0.2) is 8.96 Å². The molecule has 1 heterocycles. The molecule has 6 nitrogen and oxygen atoms in total. The molecule has 1 amide bonds. The molecule has 1 aliphatic heterocycles. The van der Waals surface area contributed by atoms with E-state index < -0.39 is 25.7 Å². The Hall–Kier alpha value is -1.27. The highest BCUT2D eigenvalue weighted by molar-refractivity contribution is 7.48. The molecule has 21 heavy (non-hydrogen) atoms. The lowest BCUT2D eigenvalue weighted by atomic mass is 10.1. The van der Waals surface area contributed by atoms with Crippen molar-refractivity contribution in [3.63, 3.8) is 0 Å². The number of hydrogen-bond donors (Lipinski definition) is 0. The van der Waals surface area contributed by atoms with E-state index in [1.165, 1.54) is 30.1 Å². The van der Waals surface area contributed by atoms with Crippen molar-refractivity contribution in [3.05, 3.63) is 29.6 Å². The molecule has 116 valence electrons. The molecule has 0 aliphatic carbocycles. The molecule has 0 radical (unpaired) electrons. The van der Waals surface area contributed by atoms with Crippen LogP contribution in [-0.2, 0) is 22.9 Å². The van der Waals surface area contributed by atoms with Gasteiger partial charge in [0.2, 0.25) is 0 Å². The smallest absolute Gasteiger partial charge is 0.313 e. The van der Waals surface area contributed by atoms with Gasteiger partial charge in [0, 0.05) is 18.3 Å². The number of rotatable bonds is 6. The second-order valence-corrected chi connectivity index (χ2v) is 5.99. The molecule has 1 aliphatic rings. The van der Waals surface area contributed by atoms with E-state index in [9.17, 15) is 13.8 Å². The van der Waals surface area contributed by atoms with Crippen molar-refractivity contribution in [1.82, 2.24) is 0 Å². The van der Waals surface area contributed by atoms with Crippen LogP contribution in [0.3, 0.4) is 0 Å². The number of anilines is 1. The Morgan fingerprint density at radius 3 is 2.48 bits per heavy atom. The van der Waals surface area contributed by atoms with Crippen LogP contribution in [0.15, 0.2) is 18.2 Å². The van der Waals surface area contributed by atoms with Crippen molar-refractivity contribution in [3.8, 4) is 0 Å². The number of phosphoric acid groups is 1. The Morgan fingerprint density at radius 2 is 1.90 bits per heavy atom. The van der Waals surface area contributed by atoms with Crippen molar-refractivity contribution < 1.29 is 27.3 Å². The normalized spacial score (nSPS) is 18.2. The number of nitrogens with zero attached hydrogens (tertiary/aromatic N) is 1. The van der Waals surface area contributed by atoms with E-state index in [1.54, 1.807) is 13.8 Å². The van der Waals surface area contributed by atoms with E-state index in [2.05, 4.69) is 0 Å². The second kappa shape index (κ2) is 6.23. The summed E-state index contributed by atoms with van der Waals surface area (Å²) in [5.74, 6) is -0.955. The summed E-state index contributed by atoms with van der Waals surface area (Å²) in [6.45, 7) is 3.46. The summed E-state index contributed by atoms with van der Waals surface area (Å²) in [6.07, 6.45) is -1.20. The van der Waals surface area contributed by atoms with Gasteiger partial charge in [0.25, 0.3) is 5.91 Å². The number of carbonyl (C=O) groups is 1. The zero-order chi connectivity index (χ0) is 15.6. The van der Waals surface area contributed by atoms with Gasteiger partial charge < -0.3 is 4.90 Å². The number of amides is 1. The minimum Gasteiger partial charge on any atom is -0.313 e. The average Bonchev–Trinajstić information content (AvgIpc) is 2.64. The maximum Gasteiger partial charge on any atom is 0.475 e. The summed E-state index contributed by atoms with van der Waals surface area (Å²) in [6, 6.07) is 3.90. The Morgan fingerprint density at radius 1 is 1.29 bits per heavy atom. The Bertz CT molecular complexity index is 584. The summed E-state index contributed by atoms with van der Waals surface area (Å²) in [5.41, 5.74) is 0.813. The maximum absolute atomic E-state index is 13.4. The molecular weight excluding hydrogens is 300 g/mol. The van der Waals surface area contributed by atoms with Gasteiger partial charge >= 0.3 is 7.82 Å². The maximum atomic E-state index is 13.4. The molecule has 0 spiro atoms. The van der Waals surface area contributed by atoms with Crippen molar-refractivity contribution >= 4 is 19.4 Å². The van der Waals surface area contributed by atoms with Crippen molar-refractivity contribution in [2.75, 3.05) is 25.2 Å². The van der Waals surface area contributed by atoms with Gasteiger partial charge in [-0.1, -0.05) is 0 Å². The molecule has 0 fully saturated rings. The zero-order valence-corrected chi connectivity index (χ0v) is 12.9. The predicted molar refractivity (Wildman–Crippen MR) is 74.5 cm³/mol. The van der Waals surface area contributed by atoms with Gasteiger partial charge in [-0.3, -0.25) is 18.4 Å². The number of carbonyl (C=O) groups excluding carboxylic acids is 1. The van der Waals surface area contributed by atoms with E-state index >= 15 is 0 Å². The van der Waals surface area contributed by atoms with Crippen LogP contribution in [0.25, 0.3) is 0 Å². The molecule has 0 aromatic heterocycles. The summed E-state index contributed by atoms with van der Waals surface area (Å²) < 4.78 is 41.1. The van der Waals surface area contributed by atoms with Crippen LogP contribution in [0.5, 0.6) is 0 Å². The first-order chi connectivity index (χ1) is 9.91. The van der Waals surface area contributed by atoms with Gasteiger partial charge in [-0.05, 0) is 32.0 Å². The quantitative estimate of drug-likeness (QED) is 0.755. The summed E-state index contributed by atoms with van der Waals surface area (Å²) in [7, 11) is -2.34. The molecule has 0 N–H and O–H groups in total. The SMILES string of the molecule is CCOP(=O)(OCC)OC1C(=O)N(C)c2ccc(F)cc21. The molecule has 8 heteroatoms. The van der Waals surface area contributed by atoms with Gasteiger partial charge in [0.05, 0.1) is 13.2 Å². The van der Waals surface area contributed by atoms with Crippen LogP contribution in [0, 0.1) is 5.82 Å². The second-order valence-electron chi connectivity index (χ2n) is 4.37. The van der Waals surface area contributed by atoms with Crippen molar-refractivity contribution in [1.29, 1.82) is 0 Å². The Labute approximate surface area is 122 Å². The molecular formula is C13H17FNO5P. The number of phosphoric ester groups is 1. The molecule has 1 atom stereocenters. The van der Waals surface area contributed by atoms with Gasteiger partial charge in [0.1, 0.15) is 5.82 Å². The molecule has 0 bridgehead atoms. The van der Waals surface area contributed by atoms with E-state index in [4.69, 9.17) is 13.6 Å². The third-order valence-electron chi connectivity index (χ3n) is 3.00. The van der Waals surface area contributed by atoms with Gasteiger partial charge in [-0.2, -0.15) is 0 Å². The van der Waals surface area contributed by atoms with Crippen molar-refractivity contribution in [2.24, 2.45) is 0 Å². The first kappa shape index (κ1) is 16.1. The number of likely N-dealkylation sites (N-methyl/N-ethyl adjacent to an activating group) is 1. The van der Waals surface area contributed by atoms with Crippen LogP contribution < -0.4 is 4.90 Å². The van der Waals surface area contributed by atoms with E-state index in [-0.39, 0.29) is 13.2 Å². The fourth-order valence-corrected chi connectivity index (χ4v) is 3.40. The van der Waals surface area contributed by atoms with Crippen LogP contribution in [0.1, 0.15) is 25.5 Å². The third kappa shape index (κ3) is 3.16. The van der Waals surface area contributed by atoms with Crippen molar-refractivity contribution in [2.45, 2.75) is 20.0 Å². The minimum absolute atomic E-state index is 0.101. The fraction of sp³-hybridized carbons (Fsp3) is 0.462. The molecule has 0 saturated carbocycles. The van der Waals surface area contributed by atoms with Crippen LogP contribution in [-0.4, -0.2) is 26.2 Å². The molecule has 1 aromatic rings. The van der Waals surface area contributed by atoms with Gasteiger partial charge in [0.15, 0.2) is 6.10 Å². The lowest BCUT2D eigenvalue weighted by molar-refractivity contribution is -0.125. The Kier molecular flexibility index (Phi) is 4.78. The number of halogens is 1. The van der Waals surface area contributed by atoms with Gasteiger partial charge in [-0.15, -0.1) is 0 Å². The largest absolute Gasteiger partial charge is 0.475 e. The minimum atomic E-state index is -3.87. The molecule has 1 aromatic carbocycles. The fourth-order valence-electron chi connectivity index (χ4n) is 2.11. The van der Waals surface area contributed by atoms with E-state index in [0.29, 0.717) is 11.3 Å². The third-order valence-corrected chi connectivity index (χ3v) is 4.62. The highest BCUT2D eigenvalue weighted by atomic mass is 31.2.